The Hall–Kier alpha value is -3.42. The summed E-state index contributed by atoms with van der Waals surface area (Å²) in [5.41, 5.74) is 6.94. The molecule has 2 aromatic heterocycles. The molecule has 5 aromatic rings. The highest BCUT2D eigenvalue weighted by Gasteiger charge is 2.34. The van der Waals surface area contributed by atoms with Gasteiger partial charge in [0.1, 0.15) is 0 Å². The summed E-state index contributed by atoms with van der Waals surface area (Å²) in [6.07, 6.45) is 6.77. The molecule has 0 aliphatic carbocycles. The van der Waals surface area contributed by atoms with Crippen LogP contribution in [0.25, 0.3) is 33.2 Å². The molecular weight excluding hydrogens is 498 g/mol. The van der Waals surface area contributed by atoms with Crippen molar-refractivity contribution in [3.63, 3.8) is 0 Å². The average molecular weight is 528 g/mol. The van der Waals surface area contributed by atoms with E-state index in [1.54, 1.807) is 31.8 Å². The number of imidazole rings is 1. The second-order valence-corrected chi connectivity index (χ2v) is 13.2. The second kappa shape index (κ2) is 9.80. The first-order chi connectivity index (χ1) is 17.6. The van der Waals surface area contributed by atoms with Crippen LogP contribution in [0.4, 0.5) is 0 Å². The highest BCUT2D eigenvalue weighted by atomic mass is 32.2. The average Bonchev–Trinajstić information content (AvgIpc) is 3.30. The lowest BCUT2D eigenvalue weighted by Gasteiger charge is -2.25. The standard InChI is InChI=1S/C30H29N3O2S2/c1-30(2,37(4,34)35)27-19-25(18-23-12-8-14-31-28(23)27)21-10-7-11-22(17-21)26-13-6-5-9-24(26)20-36-29-32-15-16-33(29)3/h5-19H,20H2,1-4H3. The van der Waals surface area contributed by atoms with Crippen molar-refractivity contribution in [3.8, 4) is 22.3 Å². The van der Waals surface area contributed by atoms with Crippen molar-refractivity contribution in [2.24, 2.45) is 7.05 Å². The van der Waals surface area contributed by atoms with Crippen molar-refractivity contribution in [2.75, 3.05) is 6.26 Å². The van der Waals surface area contributed by atoms with Gasteiger partial charge in [-0.15, -0.1) is 0 Å². The minimum absolute atomic E-state index is 0.709. The van der Waals surface area contributed by atoms with Crippen molar-refractivity contribution >= 4 is 32.5 Å². The van der Waals surface area contributed by atoms with Crippen LogP contribution in [0.2, 0.25) is 0 Å². The second-order valence-electron chi connectivity index (χ2n) is 9.73. The van der Waals surface area contributed by atoms with Crippen LogP contribution in [-0.2, 0) is 27.4 Å². The van der Waals surface area contributed by atoms with E-state index in [4.69, 9.17) is 0 Å². The third kappa shape index (κ3) is 4.93. The lowest BCUT2D eigenvalue weighted by molar-refractivity contribution is 0.562. The van der Waals surface area contributed by atoms with Crippen molar-refractivity contribution < 1.29 is 8.42 Å². The third-order valence-electron chi connectivity index (χ3n) is 6.94. The number of aryl methyl sites for hydroxylation is 1. The molecule has 0 aliphatic heterocycles. The molecule has 7 heteroatoms. The minimum atomic E-state index is -3.38. The van der Waals surface area contributed by atoms with Crippen molar-refractivity contribution in [3.05, 3.63) is 103 Å². The van der Waals surface area contributed by atoms with Gasteiger partial charge < -0.3 is 4.57 Å². The highest BCUT2D eigenvalue weighted by Crippen LogP contribution is 2.38. The molecule has 0 radical (unpaired) electrons. The predicted octanol–water partition coefficient (Wildman–Crippen LogP) is 6.87. The predicted molar refractivity (Wildman–Crippen MR) is 153 cm³/mol. The van der Waals surface area contributed by atoms with Crippen LogP contribution in [0.3, 0.4) is 0 Å². The van der Waals surface area contributed by atoms with Gasteiger partial charge in [-0.2, -0.15) is 0 Å². The first kappa shape index (κ1) is 25.2. The molecule has 0 saturated heterocycles. The number of pyridine rings is 1. The number of nitrogens with zero attached hydrogens (tertiary/aromatic N) is 3. The van der Waals surface area contributed by atoms with E-state index < -0.39 is 14.6 Å². The minimum Gasteiger partial charge on any atom is -0.329 e. The molecule has 0 bridgehead atoms. The first-order valence-electron chi connectivity index (χ1n) is 12.0. The molecule has 0 fully saturated rings. The number of thioether (sulfide) groups is 1. The molecule has 0 aliphatic rings. The van der Waals surface area contributed by atoms with E-state index in [-0.39, 0.29) is 0 Å². The monoisotopic (exact) mass is 527 g/mol. The van der Waals surface area contributed by atoms with E-state index >= 15 is 0 Å². The maximum Gasteiger partial charge on any atom is 0.167 e. The lowest BCUT2D eigenvalue weighted by Crippen LogP contribution is -2.28. The summed E-state index contributed by atoms with van der Waals surface area (Å²) >= 11 is 1.71. The van der Waals surface area contributed by atoms with Crippen LogP contribution in [0.15, 0.2) is 96.5 Å². The fourth-order valence-electron chi connectivity index (χ4n) is 4.45. The molecule has 5 nitrogen and oxygen atoms in total. The van der Waals surface area contributed by atoms with Gasteiger partial charge >= 0.3 is 0 Å². The molecule has 2 heterocycles. The molecule has 5 rings (SSSR count). The van der Waals surface area contributed by atoms with Gasteiger partial charge in [-0.05, 0) is 71.5 Å². The van der Waals surface area contributed by atoms with E-state index in [1.807, 2.05) is 42.2 Å². The Morgan fingerprint density at radius 2 is 1.65 bits per heavy atom. The SMILES string of the molecule is Cn1ccnc1SCc1ccccc1-c1cccc(-c2cc(C(C)(C)S(C)(=O)=O)c3ncccc3c2)c1. The fraction of sp³-hybridized carbons (Fsp3) is 0.200. The van der Waals surface area contributed by atoms with Gasteiger partial charge in [0.05, 0.1) is 10.3 Å². The fourth-order valence-corrected chi connectivity index (χ4v) is 5.94. The van der Waals surface area contributed by atoms with Crippen LogP contribution in [0.5, 0.6) is 0 Å². The van der Waals surface area contributed by atoms with E-state index in [0.717, 1.165) is 38.5 Å². The Kier molecular flexibility index (Phi) is 6.68. The molecule has 0 spiro atoms. The van der Waals surface area contributed by atoms with Gasteiger partial charge in [-0.3, -0.25) is 4.98 Å². The van der Waals surface area contributed by atoms with E-state index in [2.05, 4.69) is 64.6 Å². The summed E-state index contributed by atoms with van der Waals surface area (Å²) < 4.78 is 26.5. The number of benzene rings is 3. The molecule has 188 valence electrons. The van der Waals surface area contributed by atoms with Crippen LogP contribution >= 0.6 is 11.8 Å². The molecule has 0 saturated carbocycles. The van der Waals surface area contributed by atoms with Crippen molar-refractivity contribution in [1.29, 1.82) is 0 Å². The van der Waals surface area contributed by atoms with Crippen molar-refractivity contribution in [1.82, 2.24) is 14.5 Å². The zero-order chi connectivity index (χ0) is 26.2. The van der Waals surface area contributed by atoms with Crippen LogP contribution in [-0.4, -0.2) is 29.2 Å². The Balaban J connectivity index is 1.58. The van der Waals surface area contributed by atoms with Crippen LogP contribution in [0.1, 0.15) is 25.0 Å². The highest BCUT2D eigenvalue weighted by molar-refractivity contribution is 7.98. The Morgan fingerprint density at radius 1 is 0.865 bits per heavy atom. The summed E-state index contributed by atoms with van der Waals surface area (Å²) in [5.74, 6) is 0.805. The molecule has 0 atom stereocenters. The summed E-state index contributed by atoms with van der Waals surface area (Å²) in [6, 6.07) is 24.8. The smallest absolute Gasteiger partial charge is 0.167 e. The van der Waals surface area contributed by atoms with Gasteiger partial charge in [-0.1, -0.05) is 60.3 Å². The van der Waals surface area contributed by atoms with Crippen molar-refractivity contribution in [2.45, 2.75) is 29.5 Å². The number of sulfone groups is 1. The summed E-state index contributed by atoms with van der Waals surface area (Å²) in [6.45, 7) is 3.50. The van der Waals surface area contributed by atoms with Gasteiger partial charge in [0, 0.05) is 43.0 Å². The topological polar surface area (TPSA) is 64.8 Å². The molecule has 0 N–H and O–H groups in total. The Bertz CT molecular complexity index is 1710. The molecular formula is C30H29N3O2S2. The number of aromatic nitrogens is 3. The van der Waals surface area contributed by atoms with Crippen LogP contribution < -0.4 is 0 Å². The molecule has 0 amide bonds. The maximum absolute atomic E-state index is 12.8. The van der Waals surface area contributed by atoms with Crippen LogP contribution in [0, 0.1) is 0 Å². The third-order valence-corrected chi connectivity index (χ3v) is 10.1. The van der Waals surface area contributed by atoms with Gasteiger partial charge in [0.2, 0.25) is 0 Å². The van der Waals surface area contributed by atoms with E-state index in [0.29, 0.717) is 5.56 Å². The largest absolute Gasteiger partial charge is 0.329 e. The number of fused-ring (bicyclic) bond motifs is 1. The quantitative estimate of drug-likeness (QED) is 0.216. The Labute approximate surface area is 222 Å². The summed E-state index contributed by atoms with van der Waals surface area (Å²) in [4.78, 5) is 8.98. The van der Waals surface area contributed by atoms with Gasteiger partial charge in [-0.25, -0.2) is 13.4 Å². The van der Waals surface area contributed by atoms with Gasteiger partial charge in [0.25, 0.3) is 0 Å². The van der Waals surface area contributed by atoms with E-state index in [9.17, 15) is 8.42 Å². The molecule has 37 heavy (non-hydrogen) atoms. The van der Waals surface area contributed by atoms with E-state index in [1.165, 1.54) is 17.4 Å². The zero-order valence-electron chi connectivity index (χ0n) is 21.3. The molecule has 0 unspecified atom stereocenters. The first-order valence-corrected chi connectivity index (χ1v) is 14.9. The molecule has 3 aromatic carbocycles. The lowest BCUT2D eigenvalue weighted by atomic mass is 9.91. The summed E-state index contributed by atoms with van der Waals surface area (Å²) in [5, 5.41) is 1.90. The maximum atomic E-state index is 12.8. The number of rotatable bonds is 7. The zero-order valence-corrected chi connectivity index (χ0v) is 23.0. The summed E-state index contributed by atoms with van der Waals surface area (Å²) in [7, 11) is -1.38. The normalized spacial score (nSPS) is 12.2. The number of hydrogen-bond acceptors (Lipinski definition) is 5. The Morgan fingerprint density at radius 3 is 2.41 bits per heavy atom. The number of hydrogen-bond donors (Lipinski definition) is 0. The van der Waals surface area contributed by atoms with Gasteiger partial charge in [0.15, 0.2) is 15.0 Å².